The van der Waals surface area contributed by atoms with Crippen LogP contribution in [0, 0.1) is 0 Å². The third kappa shape index (κ3) is 3.41. The van der Waals surface area contributed by atoms with Crippen molar-refractivity contribution < 1.29 is 22.7 Å². The normalized spacial score (nSPS) is 30.5. The van der Waals surface area contributed by atoms with Crippen molar-refractivity contribution in [1.82, 2.24) is 14.5 Å². The maximum atomic E-state index is 12.3. The van der Waals surface area contributed by atoms with Crippen LogP contribution >= 0.6 is 0 Å². The van der Waals surface area contributed by atoms with Crippen molar-refractivity contribution in [3.05, 3.63) is 0 Å². The quantitative estimate of drug-likeness (QED) is 0.648. The summed E-state index contributed by atoms with van der Waals surface area (Å²) in [6.45, 7) is 0.743. The second-order valence-electron chi connectivity index (χ2n) is 5.85. The van der Waals surface area contributed by atoms with Crippen LogP contribution in [0.15, 0.2) is 0 Å². The molecule has 0 aliphatic carbocycles. The van der Waals surface area contributed by atoms with E-state index in [0.29, 0.717) is 25.9 Å². The Morgan fingerprint density at radius 3 is 2.73 bits per heavy atom. The van der Waals surface area contributed by atoms with Gasteiger partial charge in [0.25, 0.3) is 0 Å². The van der Waals surface area contributed by atoms with Gasteiger partial charge in [-0.2, -0.15) is 4.31 Å². The Morgan fingerprint density at radius 2 is 2.14 bits per heavy atom. The number of carbonyl (C=O) groups is 2. The Hall–Kier alpha value is -1.19. The molecule has 2 fully saturated rings. The molecule has 0 aromatic heterocycles. The highest BCUT2D eigenvalue weighted by Crippen LogP contribution is 2.28. The van der Waals surface area contributed by atoms with Crippen LogP contribution in [0.1, 0.15) is 19.3 Å². The van der Waals surface area contributed by atoms with E-state index in [9.17, 15) is 18.0 Å². The number of hydrogen-bond donors (Lipinski definition) is 1. The fourth-order valence-corrected chi connectivity index (χ4v) is 4.37. The predicted molar refractivity (Wildman–Crippen MR) is 79.6 cm³/mol. The Kier molecular flexibility index (Phi) is 5.08. The van der Waals surface area contributed by atoms with E-state index in [1.807, 2.05) is 11.9 Å². The van der Waals surface area contributed by atoms with Crippen molar-refractivity contribution in [3.63, 3.8) is 0 Å². The van der Waals surface area contributed by atoms with Crippen LogP contribution in [-0.4, -0.2) is 81.1 Å². The van der Waals surface area contributed by atoms with Crippen LogP contribution in [-0.2, 0) is 24.3 Å². The van der Waals surface area contributed by atoms with Crippen LogP contribution in [0.25, 0.3) is 0 Å². The van der Waals surface area contributed by atoms with Gasteiger partial charge in [-0.1, -0.05) is 0 Å². The van der Waals surface area contributed by atoms with Gasteiger partial charge < -0.3 is 10.1 Å². The Labute approximate surface area is 130 Å². The number of carbonyl (C=O) groups excluding carboxylic acids is 2. The highest BCUT2D eigenvalue weighted by molar-refractivity contribution is 7.88. The van der Waals surface area contributed by atoms with Gasteiger partial charge >= 0.3 is 5.97 Å². The lowest BCUT2D eigenvalue weighted by Gasteiger charge is -2.32. The number of fused-ring (bicyclic) bond motifs is 1. The smallest absolute Gasteiger partial charge is 0.305 e. The third-order valence-electron chi connectivity index (χ3n) is 4.53. The van der Waals surface area contributed by atoms with Crippen LogP contribution in [0.4, 0.5) is 0 Å². The lowest BCUT2D eigenvalue weighted by atomic mass is 10.0. The van der Waals surface area contributed by atoms with Gasteiger partial charge in [0.2, 0.25) is 15.9 Å². The molecule has 1 amide bonds. The number of nitrogens with one attached hydrogen (secondary N) is 1. The molecule has 2 saturated heterocycles. The highest BCUT2D eigenvalue weighted by atomic mass is 32.2. The first-order valence-electron chi connectivity index (χ1n) is 7.29. The van der Waals surface area contributed by atoms with Crippen molar-refractivity contribution in [3.8, 4) is 0 Å². The summed E-state index contributed by atoms with van der Waals surface area (Å²) in [5.74, 6) is -0.551. The largest absolute Gasteiger partial charge is 0.469 e. The second kappa shape index (κ2) is 6.51. The topological polar surface area (TPSA) is 96.0 Å². The minimum absolute atomic E-state index is 0.0161. The lowest BCUT2D eigenvalue weighted by molar-refractivity contribution is -0.141. The molecule has 0 unspecified atom stereocenters. The first kappa shape index (κ1) is 17.2. The van der Waals surface area contributed by atoms with Gasteiger partial charge in [0.05, 0.1) is 13.4 Å². The van der Waals surface area contributed by atoms with Crippen LogP contribution in [0.2, 0.25) is 0 Å². The Bertz CT molecular complexity index is 550. The maximum absolute atomic E-state index is 12.3. The summed E-state index contributed by atoms with van der Waals surface area (Å²) >= 11 is 0. The highest BCUT2D eigenvalue weighted by Gasteiger charge is 2.48. The number of esters is 1. The van der Waals surface area contributed by atoms with E-state index < -0.39 is 16.1 Å². The second-order valence-corrected chi connectivity index (χ2v) is 7.79. The summed E-state index contributed by atoms with van der Waals surface area (Å²) in [4.78, 5) is 25.6. The number of methoxy groups -OCH3 is 1. The third-order valence-corrected chi connectivity index (χ3v) is 5.80. The fraction of sp³-hybridized carbons (Fsp3) is 0.846. The summed E-state index contributed by atoms with van der Waals surface area (Å²) in [5, 5.41) is 2.80. The molecule has 2 rings (SSSR count). The van der Waals surface area contributed by atoms with E-state index in [2.05, 4.69) is 10.1 Å². The molecule has 2 aliphatic rings. The van der Waals surface area contributed by atoms with Crippen LogP contribution in [0.3, 0.4) is 0 Å². The molecule has 126 valence electrons. The standard InChI is InChI=1S/C13H23N3O5S/c1-15-9(4-5-11(17)21-2)8-14-13(18)12-10(15)6-7-16(12)22(3,19)20/h9-10,12H,4-8H2,1-3H3,(H,14,18)/t9-,10+,12-/m0/s1. The molecule has 22 heavy (non-hydrogen) atoms. The summed E-state index contributed by atoms with van der Waals surface area (Å²) in [6, 6.07) is -0.874. The average molecular weight is 333 g/mol. The summed E-state index contributed by atoms with van der Waals surface area (Å²) < 4.78 is 29.6. The molecular formula is C13H23N3O5S. The summed E-state index contributed by atoms with van der Waals surface area (Å²) in [6.07, 6.45) is 2.57. The van der Waals surface area contributed by atoms with Crippen LogP contribution < -0.4 is 5.32 Å². The van der Waals surface area contributed by atoms with Crippen molar-refractivity contribution >= 4 is 21.9 Å². The molecule has 0 aromatic rings. The number of hydrogen-bond acceptors (Lipinski definition) is 6. The van der Waals surface area contributed by atoms with Crippen molar-refractivity contribution in [2.45, 2.75) is 37.4 Å². The number of rotatable bonds is 4. The predicted octanol–water partition coefficient (Wildman–Crippen LogP) is -1.23. The molecule has 0 aromatic carbocycles. The molecule has 2 heterocycles. The first-order chi connectivity index (χ1) is 10.3. The number of nitrogens with zero attached hydrogens (tertiary/aromatic N) is 2. The zero-order valence-electron chi connectivity index (χ0n) is 13.1. The SMILES string of the molecule is COC(=O)CC[C@H]1CNC(=O)[C@@H]2[C@@H](CCN2S(C)(=O)=O)N1C. The lowest BCUT2D eigenvalue weighted by Crippen LogP contribution is -2.51. The van der Waals surface area contributed by atoms with Gasteiger partial charge in [-0.3, -0.25) is 14.5 Å². The zero-order valence-corrected chi connectivity index (χ0v) is 13.9. The van der Waals surface area contributed by atoms with Crippen molar-refractivity contribution in [2.24, 2.45) is 0 Å². The monoisotopic (exact) mass is 333 g/mol. The zero-order chi connectivity index (χ0) is 16.5. The van der Waals surface area contributed by atoms with E-state index in [4.69, 9.17) is 0 Å². The summed E-state index contributed by atoms with van der Waals surface area (Å²) in [7, 11) is -0.195. The first-order valence-corrected chi connectivity index (χ1v) is 9.13. The molecule has 2 aliphatic heterocycles. The van der Waals surface area contributed by atoms with E-state index >= 15 is 0 Å². The summed E-state index contributed by atoms with van der Waals surface area (Å²) in [5.41, 5.74) is 0. The van der Waals surface area contributed by atoms with E-state index in [0.717, 1.165) is 6.26 Å². The van der Waals surface area contributed by atoms with Crippen molar-refractivity contribution in [2.75, 3.05) is 33.5 Å². The molecular weight excluding hydrogens is 310 g/mol. The number of sulfonamides is 1. The van der Waals surface area contributed by atoms with Crippen LogP contribution in [0.5, 0.6) is 0 Å². The van der Waals surface area contributed by atoms with Gasteiger partial charge in [0.15, 0.2) is 0 Å². The maximum Gasteiger partial charge on any atom is 0.305 e. The van der Waals surface area contributed by atoms with Crippen molar-refractivity contribution in [1.29, 1.82) is 0 Å². The van der Waals surface area contributed by atoms with Gasteiger partial charge in [0, 0.05) is 31.6 Å². The van der Waals surface area contributed by atoms with E-state index in [1.54, 1.807) is 0 Å². The molecule has 3 atom stereocenters. The van der Waals surface area contributed by atoms with Gasteiger partial charge in [-0.15, -0.1) is 0 Å². The molecule has 8 nitrogen and oxygen atoms in total. The minimum atomic E-state index is -3.42. The average Bonchev–Trinajstić information content (AvgIpc) is 2.86. The number of likely N-dealkylation sites (N-methyl/N-ethyl adjacent to an activating group) is 1. The van der Waals surface area contributed by atoms with E-state index in [-0.39, 0.29) is 30.4 Å². The number of ether oxygens (including phenoxy) is 1. The van der Waals surface area contributed by atoms with Gasteiger partial charge in [-0.05, 0) is 19.9 Å². The molecule has 1 N–H and O–H groups in total. The number of amides is 1. The fourth-order valence-electron chi connectivity index (χ4n) is 3.28. The van der Waals surface area contributed by atoms with Gasteiger partial charge in [0.1, 0.15) is 6.04 Å². The molecule has 0 bridgehead atoms. The molecule has 0 saturated carbocycles. The molecule has 9 heteroatoms. The van der Waals surface area contributed by atoms with Gasteiger partial charge in [-0.25, -0.2) is 8.42 Å². The minimum Gasteiger partial charge on any atom is -0.469 e. The Balaban J connectivity index is 2.15. The Morgan fingerprint density at radius 1 is 1.45 bits per heavy atom. The molecule has 0 radical (unpaired) electrons. The molecule has 0 spiro atoms. The van der Waals surface area contributed by atoms with E-state index in [1.165, 1.54) is 11.4 Å².